The van der Waals surface area contributed by atoms with Crippen LogP contribution in [-0.4, -0.2) is 31.3 Å². The number of hydrogen-bond donors (Lipinski definition) is 2. The third-order valence-corrected chi connectivity index (χ3v) is 4.14. The summed E-state index contributed by atoms with van der Waals surface area (Å²) in [7, 11) is 0. The van der Waals surface area contributed by atoms with Gasteiger partial charge in [-0.1, -0.05) is 12.1 Å². The Morgan fingerprint density at radius 1 is 1.35 bits per heavy atom. The van der Waals surface area contributed by atoms with Crippen molar-refractivity contribution in [2.75, 3.05) is 19.6 Å². The highest BCUT2D eigenvalue weighted by molar-refractivity contribution is 5.67. The minimum Gasteiger partial charge on any atom is -0.444 e. The van der Waals surface area contributed by atoms with E-state index < -0.39 is 11.7 Å². The fourth-order valence-corrected chi connectivity index (χ4v) is 3.03. The van der Waals surface area contributed by atoms with E-state index in [1.165, 1.54) is 6.07 Å². The zero-order valence-corrected chi connectivity index (χ0v) is 14.2. The Morgan fingerprint density at radius 2 is 2.04 bits per heavy atom. The molecule has 4 nitrogen and oxygen atoms in total. The number of piperidine rings is 1. The molecule has 1 amide bonds. The smallest absolute Gasteiger partial charge is 0.407 e. The third-order valence-electron chi connectivity index (χ3n) is 4.14. The van der Waals surface area contributed by atoms with Gasteiger partial charge in [-0.2, -0.15) is 0 Å². The molecule has 0 radical (unpaired) electrons. The van der Waals surface area contributed by atoms with Crippen LogP contribution in [0.5, 0.6) is 0 Å². The van der Waals surface area contributed by atoms with E-state index in [4.69, 9.17) is 4.74 Å². The number of nitrogens with one attached hydrogen (secondary N) is 2. The molecule has 1 aliphatic heterocycles. The van der Waals surface area contributed by atoms with Gasteiger partial charge in [0, 0.05) is 6.54 Å². The largest absolute Gasteiger partial charge is 0.444 e. The van der Waals surface area contributed by atoms with Crippen LogP contribution < -0.4 is 10.6 Å². The Morgan fingerprint density at radius 3 is 2.65 bits per heavy atom. The van der Waals surface area contributed by atoms with Crippen molar-refractivity contribution in [2.24, 2.45) is 5.41 Å². The zero-order valence-electron chi connectivity index (χ0n) is 14.2. The number of ether oxygens (including phenoxy) is 1. The molecule has 1 aromatic carbocycles. The number of carbonyl (C=O) groups is 1. The number of rotatable bonds is 4. The summed E-state index contributed by atoms with van der Waals surface area (Å²) in [4.78, 5) is 11.9. The molecule has 2 rings (SSSR count). The number of alkyl carbamates (subject to hydrolysis) is 1. The van der Waals surface area contributed by atoms with Gasteiger partial charge in [-0.15, -0.1) is 0 Å². The van der Waals surface area contributed by atoms with Crippen LogP contribution >= 0.6 is 0 Å². The molecule has 0 aliphatic carbocycles. The van der Waals surface area contributed by atoms with Crippen molar-refractivity contribution in [3.05, 3.63) is 35.6 Å². The van der Waals surface area contributed by atoms with E-state index in [-0.39, 0.29) is 11.2 Å². The molecule has 1 heterocycles. The second-order valence-corrected chi connectivity index (χ2v) is 7.41. The number of amides is 1. The summed E-state index contributed by atoms with van der Waals surface area (Å²) in [5.41, 5.74) is 0.405. The molecule has 5 heteroatoms. The first-order valence-electron chi connectivity index (χ1n) is 8.20. The van der Waals surface area contributed by atoms with Gasteiger partial charge in [0.15, 0.2) is 0 Å². The van der Waals surface area contributed by atoms with Crippen molar-refractivity contribution in [1.29, 1.82) is 0 Å². The predicted molar refractivity (Wildman–Crippen MR) is 88.9 cm³/mol. The molecule has 1 aliphatic rings. The normalized spacial score (nSPS) is 17.6. The molecule has 0 spiro atoms. The van der Waals surface area contributed by atoms with Crippen molar-refractivity contribution in [3.8, 4) is 0 Å². The Balaban J connectivity index is 2.02. The molecule has 0 unspecified atom stereocenters. The Kier molecular flexibility index (Phi) is 5.63. The lowest BCUT2D eigenvalue weighted by Gasteiger charge is -2.38. The van der Waals surface area contributed by atoms with E-state index in [1.807, 2.05) is 26.8 Å². The summed E-state index contributed by atoms with van der Waals surface area (Å²) in [6, 6.07) is 6.72. The molecule has 23 heavy (non-hydrogen) atoms. The summed E-state index contributed by atoms with van der Waals surface area (Å²) >= 11 is 0. The van der Waals surface area contributed by atoms with Crippen LogP contribution in [0.4, 0.5) is 9.18 Å². The highest BCUT2D eigenvalue weighted by Crippen LogP contribution is 2.32. The molecular formula is C18H27FN2O2. The van der Waals surface area contributed by atoms with E-state index >= 15 is 0 Å². The monoisotopic (exact) mass is 322 g/mol. The van der Waals surface area contributed by atoms with Crippen LogP contribution in [0.3, 0.4) is 0 Å². The van der Waals surface area contributed by atoms with Gasteiger partial charge in [-0.05, 0) is 76.2 Å². The minimum atomic E-state index is -0.506. The van der Waals surface area contributed by atoms with Gasteiger partial charge in [-0.3, -0.25) is 0 Å². The van der Waals surface area contributed by atoms with Crippen LogP contribution in [-0.2, 0) is 11.2 Å². The number of carbonyl (C=O) groups excluding carboxylic acids is 1. The predicted octanol–water partition coefficient (Wildman–Crippen LogP) is 3.26. The highest BCUT2D eigenvalue weighted by Gasteiger charge is 2.33. The van der Waals surface area contributed by atoms with Crippen LogP contribution in [0.2, 0.25) is 0 Å². The summed E-state index contributed by atoms with van der Waals surface area (Å²) in [6.07, 6.45) is 2.25. The van der Waals surface area contributed by atoms with Gasteiger partial charge in [0.25, 0.3) is 0 Å². The van der Waals surface area contributed by atoms with E-state index in [2.05, 4.69) is 10.6 Å². The average Bonchev–Trinajstić information content (AvgIpc) is 2.45. The lowest BCUT2D eigenvalue weighted by atomic mass is 9.74. The first-order chi connectivity index (χ1) is 10.8. The van der Waals surface area contributed by atoms with Crippen molar-refractivity contribution in [1.82, 2.24) is 10.6 Å². The number of halogens is 1. The lowest BCUT2D eigenvalue weighted by Crippen LogP contribution is -2.46. The topological polar surface area (TPSA) is 50.4 Å². The van der Waals surface area contributed by atoms with Gasteiger partial charge in [0.2, 0.25) is 0 Å². The van der Waals surface area contributed by atoms with Crippen molar-refractivity contribution >= 4 is 6.09 Å². The molecule has 2 N–H and O–H groups in total. The van der Waals surface area contributed by atoms with Gasteiger partial charge >= 0.3 is 6.09 Å². The third kappa shape index (κ3) is 5.82. The fourth-order valence-electron chi connectivity index (χ4n) is 3.03. The minimum absolute atomic E-state index is 0.0596. The Hall–Kier alpha value is -1.62. The maximum absolute atomic E-state index is 13.4. The van der Waals surface area contributed by atoms with Crippen LogP contribution in [0, 0.1) is 11.2 Å². The molecule has 1 saturated heterocycles. The van der Waals surface area contributed by atoms with E-state index in [9.17, 15) is 9.18 Å². The quantitative estimate of drug-likeness (QED) is 0.894. The SMILES string of the molecule is CC(C)(C)OC(=O)NCC1(Cc2cccc(F)c2)CCNCC1. The van der Waals surface area contributed by atoms with E-state index in [1.54, 1.807) is 12.1 Å². The maximum Gasteiger partial charge on any atom is 0.407 e. The maximum atomic E-state index is 13.4. The summed E-state index contributed by atoms with van der Waals surface area (Å²) in [6.45, 7) is 7.90. The molecule has 0 bridgehead atoms. The Labute approximate surface area is 137 Å². The van der Waals surface area contributed by atoms with E-state index in [0.717, 1.165) is 37.9 Å². The fraction of sp³-hybridized carbons (Fsp3) is 0.611. The van der Waals surface area contributed by atoms with Gasteiger partial charge in [-0.25, -0.2) is 9.18 Å². The van der Waals surface area contributed by atoms with Gasteiger partial charge in [0.1, 0.15) is 11.4 Å². The summed E-state index contributed by atoms with van der Waals surface area (Å²) in [5, 5.41) is 6.25. The first kappa shape index (κ1) is 17.7. The molecule has 0 aromatic heterocycles. The van der Waals surface area contributed by atoms with Gasteiger partial charge < -0.3 is 15.4 Å². The standard InChI is InChI=1S/C18H27FN2O2/c1-17(2,3)23-16(22)21-13-18(7-9-20-10-8-18)12-14-5-4-6-15(19)11-14/h4-6,11,20H,7-10,12-13H2,1-3H3,(H,21,22). The zero-order chi connectivity index (χ0) is 16.9. The molecule has 1 aromatic rings. The molecule has 0 saturated carbocycles. The highest BCUT2D eigenvalue weighted by atomic mass is 19.1. The van der Waals surface area contributed by atoms with Crippen molar-refractivity contribution in [3.63, 3.8) is 0 Å². The average molecular weight is 322 g/mol. The number of benzene rings is 1. The number of hydrogen-bond acceptors (Lipinski definition) is 3. The Bertz CT molecular complexity index is 534. The summed E-state index contributed by atoms with van der Waals surface area (Å²) < 4.78 is 18.8. The first-order valence-corrected chi connectivity index (χ1v) is 8.20. The van der Waals surface area contributed by atoms with Crippen LogP contribution in [0.25, 0.3) is 0 Å². The van der Waals surface area contributed by atoms with E-state index in [0.29, 0.717) is 6.54 Å². The second-order valence-electron chi connectivity index (χ2n) is 7.41. The molecule has 128 valence electrons. The van der Waals surface area contributed by atoms with Crippen LogP contribution in [0.1, 0.15) is 39.2 Å². The van der Waals surface area contributed by atoms with Crippen molar-refractivity contribution in [2.45, 2.75) is 45.6 Å². The van der Waals surface area contributed by atoms with Crippen LogP contribution in [0.15, 0.2) is 24.3 Å². The molecule has 0 atom stereocenters. The molecular weight excluding hydrogens is 295 g/mol. The molecule has 1 fully saturated rings. The van der Waals surface area contributed by atoms with Crippen molar-refractivity contribution < 1.29 is 13.9 Å². The second kappa shape index (κ2) is 7.30. The van der Waals surface area contributed by atoms with Gasteiger partial charge in [0.05, 0.1) is 0 Å². The summed E-state index contributed by atoms with van der Waals surface area (Å²) in [5.74, 6) is -0.216. The lowest BCUT2D eigenvalue weighted by molar-refractivity contribution is 0.0485.